The van der Waals surface area contributed by atoms with Gasteiger partial charge in [-0.3, -0.25) is 14.9 Å². The highest BCUT2D eigenvalue weighted by Gasteiger charge is 2.12. The molecule has 0 aliphatic heterocycles. The summed E-state index contributed by atoms with van der Waals surface area (Å²) in [6, 6.07) is 5.90. The fourth-order valence-electron chi connectivity index (χ4n) is 1.38. The molecule has 0 unspecified atom stereocenters. The van der Waals surface area contributed by atoms with Crippen LogP contribution in [0.2, 0.25) is 0 Å². The van der Waals surface area contributed by atoms with Crippen LogP contribution >= 0.6 is 0 Å². The molecule has 92 valence electrons. The summed E-state index contributed by atoms with van der Waals surface area (Å²) in [4.78, 5) is 21.5. The third-order valence-corrected chi connectivity index (χ3v) is 2.30. The molecule has 0 saturated carbocycles. The van der Waals surface area contributed by atoms with E-state index in [1.165, 1.54) is 6.07 Å². The van der Waals surface area contributed by atoms with Gasteiger partial charge in [-0.25, -0.2) is 0 Å². The molecule has 0 fully saturated rings. The first-order valence-electron chi connectivity index (χ1n) is 5.28. The average Bonchev–Trinajstić information content (AvgIpc) is 2.29. The van der Waals surface area contributed by atoms with Gasteiger partial charge in [-0.2, -0.15) is 0 Å². The number of carbonyl (C=O) groups excluding carboxylic acids is 1. The summed E-state index contributed by atoms with van der Waals surface area (Å²) in [5, 5.41) is 13.3. The van der Waals surface area contributed by atoms with E-state index in [2.05, 4.69) is 5.32 Å². The first-order chi connectivity index (χ1) is 8.02. The van der Waals surface area contributed by atoms with E-state index in [1.54, 1.807) is 25.1 Å². The zero-order valence-corrected chi connectivity index (χ0v) is 9.55. The van der Waals surface area contributed by atoms with Crippen molar-refractivity contribution in [3.8, 4) is 0 Å². The maximum atomic E-state index is 11.2. The number of benzene rings is 1. The van der Waals surface area contributed by atoms with Crippen LogP contribution in [0.4, 0.5) is 5.69 Å². The van der Waals surface area contributed by atoms with Gasteiger partial charge in [0.1, 0.15) is 0 Å². The van der Waals surface area contributed by atoms with Crippen LogP contribution < -0.4 is 11.1 Å². The van der Waals surface area contributed by atoms with Crippen molar-refractivity contribution in [2.75, 3.05) is 6.54 Å². The van der Waals surface area contributed by atoms with E-state index in [0.29, 0.717) is 18.5 Å². The van der Waals surface area contributed by atoms with E-state index < -0.39 is 11.0 Å². The molecule has 17 heavy (non-hydrogen) atoms. The van der Waals surface area contributed by atoms with Crippen molar-refractivity contribution in [2.45, 2.75) is 19.4 Å². The lowest BCUT2D eigenvalue weighted by molar-refractivity contribution is -0.385. The molecular weight excluding hydrogens is 222 g/mol. The molecule has 1 rings (SSSR count). The molecule has 1 aromatic carbocycles. The quantitative estimate of drug-likeness (QED) is 0.578. The number of nitrogens with two attached hydrogens (primary N) is 1. The van der Waals surface area contributed by atoms with Crippen molar-refractivity contribution in [3.63, 3.8) is 0 Å². The molecule has 0 spiro atoms. The fraction of sp³-hybridized carbons (Fsp3) is 0.364. The number of para-hydroxylation sites is 1. The Morgan fingerprint density at radius 2 is 2.18 bits per heavy atom. The van der Waals surface area contributed by atoms with Crippen molar-refractivity contribution >= 4 is 11.6 Å². The monoisotopic (exact) mass is 237 g/mol. The van der Waals surface area contributed by atoms with Crippen molar-refractivity contribution in [3.05, 3.63) is 39.9 Å². The first kappa shape index (κ1) is 13.1. The Kier molecular flexibility index (Phi) is 4.59. The van der Waals surface area contributed by atoms with Gasteiger partial charge in [0.25, 0.3) is 5.69 Å². The Morgan fingerprint density at radius 3 is 2.76 bits per heavy atom. The molecule has 3 N–H and O–H groups in total. The molecule has 1 amide bonds. The van der Waals surface area contributed by atoms with Gasteiger partial charge in [-0.05, 0) is 13.3 Å². The number of rotatable bonds is 5. The smallest absolute Gasteiger partial charge is 0.272 e. The molecule has 6 heteroatoms. The lowest BCUT2D eigenvalue weighted by Gasteiger charge is -2.07. The van der Waals surface area contributed by atoms with E-state index in [4.69, 9.17) is 5.73 Å². The molecule has 0 bridgehead atoms. The molecule has 0 aliphatic carbocycles. The predicted octanol–water partition coefficient (Wildman–Crippen LogP) is 0.601. The second-order valence-corrected chi connectivity index (χ2v) is 3.72. The third kappa shape index (κ3) is 3.84. The van der Waals surface area contributed by atoms with Crippen LogP contribution in [0.15, 0.2) is 24.3 Å². The highest BCUT2D eigenvalue weighted by atomic mass is 16.6. The minimum atomic E-state index is -0.569. The fourth-order valence-corrected chi connectivity index (χ4v) is 1.38. The average molecular weight is 237 g/mol. The second-order valence-electron chi connectivity index (χ2n) is 3.72. The minimum Gasteiger partial charge on any atom is -0.354 e. The van der Waals surface area contributed by atoms with Crippen LogP contribution in [-0.4, -0.2) is 23.4 Å². The summed E-state index contributed by atoms with van der Waals surface area (Å²) in [5.41, 5.74) is 6.04. The van der Waals surface area contributed by atoms with E-state index in [-0.39, 0.29) is 11.6 Å². The predicted molar refractivity (Wildman–Crippen MR) is 63.5 cm³/mol. The molecular formula is C11H15N3O3. The summed E-state index contributed by atoms with van der Waals surface area (Å²) in [5.74, 6) is -0.261. The lowest BCUT2D eigenvalue weighted by Crippen LogP contribution is -2.39. The van der Waals surface area contributed by atoms with Gasteiger partial charge in [0, 0.05) is 18.2 Å². The Hall–Kier alpha value is -1.95. The van der Waals surface area contributed by atoms with Gasteiger partial charge < -0.3 is 11.1 Å². The molecule has 0 radical (unpaired) electrons. The van der Waals surface area contributed by atoms with E-state index in [9.17, 15) is 14.9 Å². The number of nitrogens with one attached hydrogen (secondary N) is 1. The Morgan fingerprint density at radius 1 is 1.53 bits per heavy atom. The van der Waals surface area contributed by atoms with Gasteiger partial charge in [-0.1, -0.05) is 18.2 Å². The van der Waals surface area contributed by atoms with E-state index >= 15 is 0 Å². The van der Waals surface area contributed by atoms with Crippen molar-refractivity contribution in [2.24, 2.45) is 5.73 Å². The van der Waals surface area contributed by atoms with Gasteiger partial charge in [0.15, 0.2) is 0 Å². The molecule has 0 heterocycles. The maximum absolute atomic E-state index is 11.2. The van der Waals surface area contributed by atoms with Crippen LogP contribution in [0.1, 0.15) is 12.5 Å². The number of nitro groups is 1. The number of hydrogen-bond donors (Lipinski definition) is 2. The first-order valence-corrected chi connectivity index (χ1v) is 5.28. The Labute approximate surface area is 99.0 Å². The Bertz CT molecular complexity index is 418. The number of nitrogens with zero attached hydrogens (tertiary/aromatic N) is 1. The topological polar surface area (TPSA) is 98.3 Å². The van der Waals surface area contributed by atoms with Crippen LogP contribution in [0, 0.1) is 10.1 Å². The molecule has 0 aliphatic rings. The molecule has 0 saturated heterocycles. The van der Waals surface area contributed by atoms with Gasteiger partial charge >= 0.3 is 0 Å². The lowest BCUT2D eigenvalue weighted by atomic mass is 10.1. The van der Waals surface area contributed by atoms with Gasteiger partial charge in [0.05, 0.1) is 11.0 Å². The number of hydrogen-bond acceptors (Lipinski definition) is 4. The second kappa shape index (κ2) is 5.95. The van der Waals surface area contributed by atoms with Crippen molar-refractivity contribution < 1.29 is 9.72 Å². The molecule has 0 aromatic heterocycles. The van der Waals surface area contributed by atoms with Crippen LogP contribution in [0.3, 0.4) is 0 Å². The highest BCUT2D eigenvalue weighted by Crippen LogP contribution is 2.17. The number of carbonyl (C=O) groups is 1. The summed E-state index contributed by atoms with van der Waals surface area (Å²) in [6.07, 6.45) is 0.412. The van der Waals surface area contributed by atoms with E-state index in [1.807, 2.05) is 0 Å². The van der Waals surface area contributed by atoms with Crippen LogP contribution in [-0.2, 0) is 11.2 Å². The van der Waals surface area contributed by atoms with Gasteiger partial charge in [0.2, 0.25) is 5.91 Å². The minimum absolute atomic E-state index is 0.0718. The summed E-state index contributed by atoms with van der Waals surface area (Å²) >= 11 is 0. The van der Waals surface area contributed by atoms with Crippen LogP contribution in [0.5, 0.6) is 0 Å². The SMILES string of the molecule is C[C@H](N)C(=O)NCCc1ccccc1[N+](=O)[O-]. The zero-order chi connectivity index (χ0) is 12.8. The number of amides is 1. The van der Waals surface area contributed by atoms with Gasteiger partial charge in [-0.15, -0.1) is 0 Å². The molecule has 1 aromatic rings. The summed E-state index contributed by atoms with van der Waals surface area (Å²) < 4.78 is 0. The number of nitro benzene ring substituents is 1. The standard InChI is InChI=1S/C11H15N3O3/c1-8(12)11(15)13-7-6-9-4-2-3-5-10(9)14(16)17/h2-5,8H,6-7,12H2,1H3,(H,13,15)/t8-/m0/s1. The largest absolute Gasteiger partial charge is 0.354 e. The molecule has 6 nitrogen and oxygen atoms in total. The third-order valence-electron chi connectivity index (χ3n) is 2.30. The maximum Gasteiger partial charge on any atom is 0.272 e. The zero-order valence-electron chi connectivity index (χ0n) is 9.55. The summed E-state index contributed by atoms with van der Waals surface area (Å²) in [7, 11) is 0. The normalized spacial score (nSPS) is 11.9. The van der Waals surface area contributed by atoms with Crippen LogP contribution in [0.25, 0.3) is 0 Å². The summed E-state index contributed by atoms with van der Waals surface area (Å²) in [6.45, 7) is 1.92. The van der Waals surface area contributed by atoms with Crippen molar-refractivity contribution in [1.29, 1.82) is 0 Å². The van der Waals surface area contributed by atoms with Crippen molar-refractivity contribution in [1.82, 2.24) is 5.32 Å². The highest BCUT2D eigenvalue weighted by molar-refractivity contribution is 5.80. The Balaban J connectivity index is 2.58. The molecule has 1 atom stereocenters. The van der Waals surface area contributed by atoms with E-state index in [0.717, 1.165) is 0 Å².